The zero-order valence-corrected chi connectivity index (χ0v) is 5.83. The molecule has 1 rings (SSSR count). The first-order chi connectivity index (χ1) is 3.70. The topological polar surface area (TPSA) is 24.7 Å². The molecule has 0 N–H and O–H groups in total. The summed E-state index contributed by atoms with van der Waals surface area (Å²) in [5, 5.41) is 0. The molecule has 0 bridgehead atoms. The summed E-state index contributed by atoms with van der Waals surface area (Å²) in [6, 6.07) is 0. The molecule has 1 aliphatic heterocycles. The first kappa shape index (κ1) is 5.69. The van der Waals surface area contributed by atoms with Gasteiger partial charge in [-0.1, -0.05) is 0 Å². The Balaban J connectivity index is 2.98. The molecule has 0 aromatic rings. The summed E-state index contributed by atoms with van der Waals surface area (Å²) in [7, 11) is -0.307. The predicted octanol–water partition coefficient (Wildman–Crippen LogP) is 1.45. The summed E-state index contributed by atoms with van der Waals surface area (Å²) in [5.74, 6) is 3.69. The van der Waals surface area contributed by atoms with Crippen molar-refractivity contribution in [2.24, 2.45) is 8.80 Å². The molecule has 0 amide bonds. The van der Waals surface area contributed by atoms with Crippen molar-refractivity contribution in [3.8, 4) is 0 Å². The van der Waals surface area contributed by atoms with Gasteiger partial charge in [-0.25, -0.2) is 8.80 Å². The molecule has 0 spiro atoms. The average molecular weight is 128 g/mol. The number of nitrogens with zero attached hydrogens (tertiary/aromatic N) is 2. The van der Waals surface area contributed by atoms with E-state index in [9.17, 15) is 0 Å². The Morgan fingerprint density at radius 1 is 1.25 bits per heavy atom. The van der Waals surface area contributed by atoms with Crippen LogP contribution in [0.2, 0.25) is 0 Å². The molecule has 0 fully saturated rings. The van der Waals surface area contributed by atoms with Crippen LogP contribution in [-0.2, 0) is 0 Å². The van der Waals surface area contributed by atoms with Crippen molar-refractivity contribution in [3.05, 3.63) is 0 Å². The Hall–Kier alpha value is -0.440. The average Bonchev–Trinajstić information content (AvgIpc) is 1.85. The quantitative estimate of drug-likeness (QED) is 0.441. The van der Waals surface area contributed by atoms with E-state index in [1.807, 2.05) is 13.8 Å². The Morgan fingerprint density at radius 2 is 1.62 bits per heavy atom. The fourth-order valence-corrected chi connectivity index (χ4v) is 1.41. The van der Waals surface area contributed by atoms with Gasteiger partial charge in [-0.15, -0.1) is 0 Å². The Kier molecular flexibility index (Phi) is 1.29. The third-order valence-electron chi connectivity index (χ3n) is 1.01. The normalized spacial score (nSPS) is 20.8. The van der Waals surface area contributed by atoms with Crippen LogP contribution in [0.1, 0.15) is 13.8 Å². The van der Waals surface area contributed by atoms with Gasteiger partial charge in [0.05, 0.1) is 11.4 Å². The van der Waals surface area contributed by atoms with Gasteiger partial charge in [0.2, 0.25) is 0 Å². The van der Waals surface area contributed by atoms with Crippen molar-refractivity contribution in [1.82, 2.24) is 0 Å². The summed E-state index contributed by atoms with van der Waals surface area (Å²) < 4.78 is 8.20. The van der Waals surface area contributed by atoms with Crippen molar-refractivity contribution >= 4 is 28.1 Å². The van der Waals surface area contributed by atoms with Gasteiger partial charge in [0.1, 0.15) is 0 Å². The van der Waals surface area contributed by atoms with Crippen LogP contribution in [0, 0.1) is 0 Å². The van der Waals surface area contributed by atoms with Gasteiger partial charge in [-0.2, -0.15) is 0 Å². The van der Waals surface area contributed by atoms with Gasteiger partial charge in [-0.3, -0.25) is 0 Å². The minimum atomic E-state index is -0.307. The minimum absolute atomic E-state index is 0.307. The molecule has 0 aromatic heterocycles. The molecule has 3 heteroatoms. The van der Waals surface area contributed by atoms with Crippen LogP contribution in [0.5, 0.6) is 0 Å². The summed E-state index contributed by atoms with van der Waals surface area (Å²) >= 11 is 0. The number of hydrogen-bond donors (Lipinski definition) is 0. The standard InChI is InChI=1S/C5H8N2S/c1-4-5(2)7-8(3)6-4/h3H2,1-2H3. The Bertz CT molecular complexity index is 171. The molecule has 44 valence electrons. The summed E-state index contributed by atoms with van der Waals surface area (Å²) in [5.41, 5.74) is 2.06. The van der Waals surface area contributed by atoms with E-state index in [2.05, 4.69) is 14.7 Å². The van der Waals surface area contributed by atoms with E-state index < -0.39 is 0 Å². The van der Waals surface area contributed by atoms with Crippen LogP contribution in [0.15, 0.2) is 8.80 Å². The predicted molar refractivity (Wildman–Crippen MR) is 40.9 cm³/mol. The molecule has 0 aromatic carbocycles. The fourth-order valence-electron chi connectivity index (χ4n) is 0.469. The molecule has 0 saturated heterocycles. The van der Waals surface area contributed by atoms with Gasteiger partial charge in [0.15, 0.2) is 0 Å². The highest BCUT2D eigenvalue weighted by molar-refractivity contribution is 8.12. The van der Waals surface area contributed by atoms with E-state index in [0.717, 1.165) is 11.4 Å². The van der Waals surface area contributed by atoms with Crippen molar-refractivity contribution in [1.29, 1.82) is 0 Å². The van der Waals surface area contributed by atoms with Crippen LogP contribution in [0.4, 0.5) is 0 Å². The largest absolute Gasteiger partial charge is 0.205 e. The smallest absolute Gasteiger partial charge is 0.0689 e. The first-order valence-corrected chi connectivity index (χ1v) is 3.66. The second-order valence-corrected chi connectivity index (χ2v) is 2.74. The van der Waals surface area contributed by atoms with Gasteiger partial charge in [0, 0.05) is 10.9 Å². The van der Waals surface area contributed by atoms with Gasteiger partial charge < -0.3 is 0 Å². The van der Waals surface area contributed by atoms with E-state index in [0.29, 0.717) is 0 Å². The molecule has 8 heavy (non-hydrogen) atoms. The van der Waals surface area contributed by atoms with Gasteiger partial charge >= 0.3 is 0 Å². The number of rotatable bonds is 0. The van der Waals surface area contributed by atoms with Crippen molar-refractivity contribution in [2.75, 3.05) is 0 Å². The second kappa shape index (κ2) is 1.82. The lowest BCUT2D eigenvalue weighted by molar-refractivity contribution is 1.80. The lowest BCUT2D eigenvalue weighted by Crippen LogP contribution is -1.98. The van der Waals surface area contributed by atoms with Crippen molar-refractivity contribution in [3.63, 3.8) is 0 Å². The second-order valence-electron chi connectivity index (χ2n) is 1.69. The molecule has 0 unspecified atom stereocenters. The van der Waals surface area contributed by atoms with Crippen molar-refractivity contribution in [2.45, 2.75) is 13.8 Å². The molecule has 0 atom stereocenters. The van der Waals surface area contributed by atoms with Gasteiger partial charge in [-0.05, 0) is 19.7 Å². The molecule has 1 heterocycles. The first-order valence-electron chi connectivity index (χ1n) is 2.35. The number of hydrogen-bond acceptors (Lipinski definition) is 2. The Labute approximate surface area is 51.5 Å². The van der Waals surface area contributed by atoms with E-state index >= 15 is 0 Å². The van der Waals surface area contributed by atoms with Crippen LogP contribution in [0.25, 0.3) is 0 Å². The molecule has 0 saturated carbocycles. The maximum Gasteiger partial charge on any atom is 0.0689 e. The van der Waals surface area contributed by atoms with E-state index in [1.165, 1.54) is 0 Å². The molecule has 0 aliphatic carbocycles. The van der Waals surface area contributed by atoms with Crippen molar-refractivity contribution < 1.29 is 0 Å². The van der Waals surface area contributed by atoms with Crippen LogP contribution < -0.4 is 0 Å². The molecule has 2 nitrogen and oxygen atoms in total. The van der Waals surface area contributed by atoms with Crippen LogP contribution >= 0.6 is 10.9 Å². The van der Waals surface area contributed by atoms with Crippen LogP contribution in [-0.4, -0.2) is 17.3 Å². The summed E-state index contributed by atoms with van der Waals surface area (Å²) in [6.45, 7) is 3.91. The maximum atomic E-state index is 4.10. The Morgan fingerprint density at radius 3 is 1.75 bits per heavy atom. The monoisotopic (exact) mass is 128 g/mol. The fraction of sp³-hybridized carbons (Fsp3) is 0.400. The zero-order valence-electron chi connectivity index (χ0n) is 5.01. The SMILES string of the molecule is C=S1N=C(C)C(C)=N1. The van der Waals surface area contributed by atoms with Gasteiger partial charge in [0.25, 0.3) is 0 Å². The third-order valence-corrected chi connectivity index (χ3v) is 1.98. The molecular weight excluding hydrogens is 120 g/mol. The van der Waals surface area contributed by atoms with Crippen LogP contribution in [0.3, 0.4) is 0 Å². The summed E-state index contributed by atoms with van der Waals surface area (Å²) in [4.78, 5) is 0. The molecule has 1 aliphatic rings. The lowest BCUT2D eigenvalue weighted by atomic mass is 10.3. The highest BCUT2D eigenvalue weighted by Gasteiger charge is 2.03. The molecular formula is C5H8N2S. The highest BCUT2D eigenvalue weighted by Crippen LogP contribution is 2.19. The minimum Gasteiger partial charge on any atom is -0.205 e. The lowest BCUT2D eigenvalue weighted by Gasteiger charge is -1.80. The third kappa shape index (κ3) is 0.865. The highest BCUT2D eigenvalue weighted by atomic mass is 32.2. The van der Waals surface area contributed by atoms with E-state index in [4.69, 9.17) is 0 Å². The summed E-state index contributed by atoms with van der Waals surface area (Å²) in [6.07, 6.45) is 0. The van der Waals surface area contributed by atoms with E-state index in [-0.39, 0.29) is 10.9 Å². The van der Waals surface area contributed by atoms with E-state index in [1.54, 1.807) is 0 Å². The zero-order chi connectivity index (χ0) is 6.15. The maximum absolute atomic E-state index is 4.10. The molecule has 0 radical (unpaired) electrons.